The van der Waals surface area contributed by atoms with Crippen LogP contribution in [0, 0.1) is 5.92 Å². The van der Waals surface area contributed by atoms with E-state index in [0.29, 0.717) is 38.0 Å². The summed E-state index contributed by atoms with van der Waals surface area (Å²) < 4.78 is 11.9. The zero-order chi connectivity index (χ0) is 17.1. The Kier molecular flexibility index (Phi) is 4.76. The normalized spacial score (nSPS) is 25.8. The summed E-state index contributed by atoms with van der Waals surface area (Å²) in [5, 5.41) is 0. The predicted molar refractivity (Wildman–Crippen MR) is 89.8 cm³/mol. The van der Waals surface area contributed by atoms with Gasteiger partial charge in [-0.25, -0.2) is 4.98 Å². The van der Waals surface area contributed by atoms with E-state index >= 15 is 0 Å². The van der Waals surface area contributed by atoms with E-state index < -0.39 is 0 Å². The first-order valence-corrected chi connectivity index (χ1v) is 8.70. The molecule has 0 radical (unpaired) electrons. The van der Waals surface area contributed by atoms with E-state index in [1.54, 1.807) is 12.4 Å². The van der Waals surface area contributed by atoms with Gasteiger partial charge in [0.05, 0.1) is 44.5 Å². The molecule has 0 spiro atoms. The first-order valence-electron chi connectivity index (χ1n) is 8.70. The number of nitrogens with one attached hydrogen (secondary N) is 1. The molecule has 2 aliphatic rings. The van der Waals surface area contributed by atoms with Crippen molar-refractivity contribution in [1.82, 2.24) is 19.9 Å². The molecule has 132 valence electrons. The number of carbonyl (C=O) groups is 1. The summed E-state index contributed by atoms with van der Waals surface area (Å²) in [5.74, 6) is 0.326. The van der Waals surface area contributed by atoms with Crippen molar-refractivity contribution in [2.24, 2.45) is 5.92 Å². The van der Waals surface area contributed by atoms with Gasteiger partial charge in [-0.05, 0) is 24.5 Å². The molecule has 4 rings (SSSR count). The first kappa shape index (κ1) is 16.2. The van der Waals surface area contributed by atoms with Crippen molar-refractivity contribution in [3.63, 3.8) is 0 Å². The van der Waals surface area contributed by atoms with Gasteiger partial charge in [0.2, 0.25) is 0 Å². The Balaban J connectivity index is 1.35. The molecule has 2 aromatic rings. The predicted octanol–water partition coefficient (Wildman–Crippen LogP) is 1.64. The number of imidazole rings is 1. The van der Waals surface area contributed by atoms with Gasteiger partial charge >= 0.3 is 0 Å². The zero-order valence-corrected chi connectivity index (χ0v) is 14.0. The van der Waals surface area contributed by atoms with Crippen LogP contribution in [0.2, 0.25) is 0 Å². The smallest absolute Gasteiger partial charge is 0.272 e. The molecule has 7 heteroatoms. The highest BCUT2D eigenvalue weighted by Gasteiger charge is 2.44. The summed E-state index contributed by atoms with van der Waals surface area (Å²) in [4.78, 5) is 25.6. The number of fused-ring (bicyclic) bond motifs is 1. The minimum absolute atomic E-state index is 0.00716. The number of amides is 1. The van der Waals surface area contributed by atoms with Crippen LogP contribution in [0.3, 0.4) is 0 Å². The second kappa shape index (κ2) is 7.33. The summed E-state index contributed by atoms with van der Waals surface area (Å²) in [6, 6.07) is 4.04. The zero-order valence-electron chi connectivity index (χ0n) is 14.0. The number of hydrogen-bond acceptors (Lipinski definition) is 5. The summed E-state index contributed by atoms with van der Waals surface area (Å²) in [5.41, 5.74) is 1.61. The number of rotatable bonds is 5. The molecule has 0 aromatic carbocycles. The van der Waals surface area contributed by atoms with E-state index in [4.69, 9.17) is 9.47 Å². The Morgan fingerprint density at radius 1 is 1.36 bits per heavy atom. The van der Waals surface area contributed by atoms with Crippen molar-refractivity contribution < 1.29 is 14.3 Å². The molecule has 1 saturated carbocycles. The molecule has 1 aliphatic carbocycles. The van der Waals surface area contributed by atoms with Crippen LogP contribution < -0.4 is 0 Å². The molecule has 2 fully saturated rings. The van der Waals surface area contributed by atoms with Crippen molar-refractivity contribution >= 4 is 5.91 Å². The average molecular weight is 342 g/mol. The van der Waals surface area contributed by atoms with Crippen molar-refractivity contribution in [1.29, 1.82) is 0 Å². The molecule has 3 atom stereocenters. The maximum absolute atomic E-state index is 12.7. The van der Waals surface area contributed by atoms with Crippen molar-refractivity contribution in [2.45, 2.75) is 31.6 Å². The van der Waals surface area contributed by atoms with E-state index in [9.17, 15) is 4.79 Å². The average Bonchev–Trinajstić information content (AvgIpc) is 3.32. The van der Waals surface area contributed by atoms with Gasteiger partial charge in [0.15, 0.2) is 0 Å². The van der Waals surface area contributed by atoms with Gasteiger partial charge in [-0.15, -0.1) is 0 Å². The quantitative estimate of drug-likeness (QED) is 0.893. The largest absolute Gasteiger partial charge is 0.376 e. The van der Waals surface area contributed by atoms with Crippen LogP contribution in [-0.4, -0.2) is 57.7 Å². The highest BCUT2D eigenvalue weighted by Crippen LogP contribution is 2.35. The van der Waals surface area contributed by atoms with Crippen molar-refractivity contribution in [3.8, 4) is 0 Å². The van der Waals surface area contributed by atoms with Crippen LogP contribution in [0.15, 0.2) is 37.1 Å². The third-order valence-corrected chi connectivity index (χ3v) is 5.03. The van der Waals surface area contributed by atoms with Crippen molar-refractivity contribution in [3.05, 3.63) is 48.3 Å². The molecule has 25 heavy (non-hydrogen) atoms. The van der Waals surface area contributed by atoms with Gasteiger partial charge in [-0.3, -0.25) is 9.78 Å². The summed E-state index contributed by atoms with van der Waals surface area (Å²) in [7, 11) is 0. The van der Waals surface area contributed by atoms with Crippen LogP contribution in [0.5, 0.6) is 0 Å². The Bertz CT molecular complexity index is 692. The molecule has 1 saturated heterocycles. The van der Waals surface area contributed by atoms with Gasteiger partial charge in [-0.1, -0.05) is 6.07 Å². The van der Waals surface area contributed by atoms with E-state index in [1.165, 1.54) is 6.33 Å². The molecule has 7 nitrogen and oxygen atoms in total. The van der Waals surface area contributed by atoms with Crippen LogP contribution >= 0.6 is 0 Å². The second-order valence-corrected chi connectivity index (χ2v) is 6.58. The third kappa shape index (κ3) is 3.43. The van der Waals surface area contributed by atoms with Crippen molar-refractivity contribution in [2.75, 3.05) is 19.8 Å². The Morgan fingerprint density at radius 3 is 3.12 bits per heavy atom. The number of pyridine rings is 1. The number of aromatic nitrogens is 3. The fraction of sp³-hybridized carbons (Fsp3) is 0.500. The summed E-state index contributed by atoms with van der Waals surface area (Å²) in [6.45, 7) is 2.39. The van der Waals surface area contributed by atoms with Crippen LogP contribution in [0.1, 0.15) is 28.9 Å². The van der Waals surface area contributed by atoms with Gasteiger partial charge < -0.3 is 19.4 Å². The number of carbonyl (C=O) groups excluding carboxylic acids is 1. The number of ether oxygens (including phenoxy) is 2. The molecule has 1 N–H and O–H groups in total. The topological polar surface area (TPSA) is 80.3 Å². The van der Waals surface area contributed by atoms with Gasteiger partial charge in [0, 0.05) is 24.9 Å². The molecule has 2 aromatic heterocycles. The second-order valence-electron chi connectivity index (χ2n) is 6.58. The SMILES string of the molecule is O=C(c1cnc[nH]1)N1CCO[C@@H]2[C@@H](COCc3cccnc3)CC[C@H]21. The van der Waals surface area contributed by atoms with E-state index in [1.807, 2.05) is 23.2 Å². The molecular weight excluding hydrogens is 320 g/mol. The maximum atomic E-state index is 12.7. The van der Waals surface area contributed by atoms with E-state index in [2.05, 4.69) is 15.0 Å². The Hall–Kier alpha value is -2.25. The lowest BCUT2D eigenvalue weighted by molar-refractivity contribution is -0.0766. The first-order chi connectivity index (χ1) is 12.3. The lowest BCUT2D eigenvalue weighted by Gasteiger charge is -2.39. The number of aromatic amines is 1. The van der Waals surface area contributed by atoms with Gasteiger partial charge in [0.25, 0.3) is 5.91 Å². The lowest BCUT2D eigenvalue weighted by atomic mass is 10.0. The fourth-order valence-corrected chi connectivity index (χ4v) is 3.83. The molecular formula is C18H22N4O3. The Labute approximate surface area is 146 Å². The van der Waals surface area contributed by atoms with Gasteiger partial charge in [0.1, 0.15) is 5.69 Å². The highest BCUT2D eigenvalue weighted by atomic mass is 16.5. The minimum Gasteiger partial charge on any atom is -0.376 e. The number of hydrogen-bond donors (Lipinski definition) is 1. The van der Waals surface area contributed by atoms with Crippen LogP contribution in [0.25, 0.3) is 0 Å². The van der Waals surface area contributed by atoms with Crippen LogP contribution in [-0.2, 0) is 16.1 Å². The monoisotopic (exact) mass is 342 g/mol. The third-order valence-electron chi connectivity index (χ3n) is 5.03. The summed E-state index contributed by atoms with van der Waals surface area (Å²) >= 11 is 0. The minimum atomic E-state index is 0.00716. The van der Waals surface area contributed by atoms with Gasteiger partial charge in [-0.2, -0.15) is 0 Å². The van der Waals surface area contributed by atoms with E-state index in [0.717, 1.165) is 18.4 Å². The van der Waals surface area contributed by atoms with E-state index in [-0.39, 0.29) is 18.1 Å². The lowest BCUT2D eigenvalue weighted by Crippen LogP contribution is -2.53. The Morgan fingerprint density at radius 2 is 2.32 bits per heavy atom. The number of nitrogens with zero attached hydrogens (tertiary/aromatic N) is 3. The molecule has 3 heterocycles. The molecule has 0 unspecified atom stereocenters. The summed E-state index contributed by atoms with van der Waals surface area (Å²) in [6.07, 6.45) is 8.70. The molecule has 0 bridgehead atoms. The molecule has 1 aliphatic heterocycles. The number of H-pyrrole nitrogens is 1. The number of morpholine rings is 1. The standard InChI is InChI=1S/C18H22N4O3/c23-18(15-9-20-12-21-15)22-6-7-25-17-14(3-4-16(17)22)11-24-10-13-2-1-5-19-8-13/h1-2,5,8-9,12,14,16-17H,3-4,6-7,10-11H2,(H,20,21)/t14-,16-,17-/m1/s1. The molecule has 1 amide bonds. The maximum Gasteiger partial charge on any atom is 0.272 e. The fourth-order valence-electron chi connectivity index (χ4n) is 3.83. The van der Waals surface area contributed by atoms with Crippen LogP contribution in [0.4, 0.5) is 0 Å². The highest BCUT2D eigenvalue weighted by molar-refractivity contribution is 5.92.